The van der Waals surface area contributed by atoms with E-state index in [1.165, 1.54) is 37.2 Å². The van der Waals surface area contributed by atoms with Crippen molar-refractivity contribution in [2.45, 2.75) is 43.9 Å². The average molecular weight is 213 g/mol. The minimum atomic E-state index is 0.592. The van der Waals surface area contributed by atoms with Crippen molar-refractivity contribution in [3.8, 4) is 0 Å². The molecule has 3 fully saturated rings. The number of rotatable bonds is 3. The fraction of sp³-hybridized carbons (Fsp3) is 1.00. The summed E-state index contributed by atoms with van der Waals surface area (Å²) in [5.74, 6) is 3.56. The quantitative estimate of drug-likeness (QED) is 0.770. The normalized spacial score (nSPS) is 39.4. The van der Waals surface area contributed by atoms with E-state index >= 15 is 0 Å². The SMILES string of the molecule is C1CC(NC2CSC2)CC(C2CC2)O1. The predicted molar refractivity (Wildman–Crippen MR) is 59.7 cm³/mol. The Labute approximate surface area is 90.2 Å². The van der Waals surface area contributed by atoms with Gasteiger partial charge < -0.3 is 10.1 Å². The summed E-state index contributed by atoms with van der Waals surface area (Å²) < 4.78 is 5.82. The molecule has 2 nitrogen and oxygen atoms in total. The van der Waals surface area contributed by atoms with E-state index < -0.39 is 0 Å². The number of thioether (sulfide) groups is 1. The monoisotopic (exact) mass is 213 g/mol. The molecule has 2 saturated heterocycles. The second kappa shape index (κ2) is 4.03. The molecule has 80 valence electrons. The van der Waals surface area contributed by atoms with Crippen molar-refractivity contribution in [3.63, 3.8) is 0 Å². The van der Waals surface area contributed by atoms with Crippen molar-refractivity contribution < 1.29 is 4.74 Å². The third-order valence-electron chi connectivity index (χ3n) is 3.57. The maximum absolute atomic E-state index is 5.82. The zero-order valence-corrected chi connectivity index (χ0v) is 9.39. The van der Waals surface area contributed by atoms with Gasteiger partial charge >= 0.3 is 0 Å². The molecule has 0 amide bonds. The molecular weight excluding hydrogens is 194 g/mol. The van der Waals surface area contributed by atoms with Crippen LogP contribution in [0.1, 0.15) is 25.7 Å². The molecule has 2 heterocycles. The van der Waals surface area contributed by atoms with Crippen LogP contribution in [0.2, 0.25) is 0 Å². The summed E-state index contributed by atoms with van der Waals surface area (Å²) in [6.45, 7) is 0.985. The van der Waals surface area contributed by atoms with Crippen LogP contribution in [0.4, 0.5) is 0 Å². The van der Waals surface area contributed by atoms with Crippen molar-refractivity contribution in [3.05, 3.63) is 0 Å². The van der Waals surface area contributed by atoms with E-state index in [0.717, 1.165) is 24.6 Å². The molecule has 3 heteroatoms. The van der Waals surface area contributed by atoms with Crippen LogP contribution < -0.4 is 5.32 Å². The van der Waals surface area contributed by atoms with Crippen molar-refractivity contribution in [2.75, 3.05) is 18.1 Å². The summed E-state index contributed by atoms with van der Waals surface area (Å²) in [6.07, 6.45) is 5.91. The van der Waals surface area contributed by atoms with Gasteiger partial charge in [-0.25, -0.2) is 0 Å². The van der Waals surface area contributed by atoms with Crippen molar-refractivity contribution in [2.24, 2.45) is 5.92 Å². The first-order valence-corrected chi connectivity index (χ1v) is 7.02. The molecule has 0 aromatic carbocycles. The molecule has 1 N–H and O–H groups in total. The first-order valence-electron chi connectivity index (χ1n) is 5.87. The van der Waals surface area contributed by atoms with Gasteiger partial charge in [-0.3, -0.25) is 0 Å². The van der Waals surface area contributed by atoms with E-state index in [0.29, 0.717) is 6.10 Å². The Balaban J connectivity index is 1.47. The van der Waals surface area contributed by atoms with E-state index in [-0.39, 0.29) is 0 Å². The highest BCUT2D eigenvalue weighted by Gasteiger charge is 2.36. The van der Waals surface area contributed by atoms with Crippen LogP contribution >= 0.6 is 11.8 Å². The summed E-state index contributed by atoms with van der Waals surface area (Å²) >= 11 is 2.06. The highest BCUT2D eigenvalue weighted by molar-refractivity contribution is 8.00. The van der Waals surface area contributed by atoms with Gasteiger partial charge in [-0.1, -0.05) is 0 Å². The maximum atomic E-state index is 5.82. The lowest BCUT2D eigenvalue weighted by molar-refractivity contribution is -0.0122. The van der Waals surface area contributed by atoms with Gasteiger partial charge in [0.1, 0.15) is 0 Å². The molecule has 1 aliphatic carbocycles. The Kier molecular flexibility index (Phi) is 2.73. The second-order valence-corrected chi connectivity index (χ2v) is 5.94. The summed E-state index contributed by atoms with van der Waals surface area (Å²) in [4.78, 5) is 0. The minimum Gasteiger partial charge on any atom is -0.378 e. The summed E-state index contributed by atoms with van der Waals surface area (Å²) in [5, 5.41) is 3.77. The number of nitrogens with one attached hydrogen (secondary N) is 1. The van der Waals surface area contributed by atoms with Crippen molar-refractivity contribution in [1.82, 2.24) is 5.32 Å². The van der Waals surface area contributed by atoms with Crippen LogP contribution in [0.5, 0.6) is 0 Å². The second-order valence-electron chi connectivity index (χ2n) is 4.87. The zero-order valence-electron chi connectivity index (χ0n) is 8.58. The minimum absolute atomic E-state index is 0.592. The molecule has 0 aromatic heterocycles. The summed E-state index contributed by atoms with van der Waals surface area (Å²) in [7, 11) is 0. The van der Waals surface area contributed by atoms with Crippen LogP contribution in [0.15, 0.2) is 0 Å². The summed E-state index contributed by atoms with van der Waals surface area (Å²) in [6, 6.07) is 1.56. The van der Waals surface area contributed by atoms with Gasteiger partial charge in [0.05, 0.1) is 6.10 Å². The Hall–Kier alpha value is 0.270. The van der Waals surface area contributed by atoms with Crippen LogP contribution in [-0.4, -0.2) is 36.3 Å². The molecule has 3 aliphatic rings. The molecule has 3 rings (SSSR count). The predicted octanol–water partition coefficient (Wildman–Crippen LogP) is 1.65. The Bertz CT molecular complexity index is 203. The summed E-state index contributed by atoms with van der Waals surface area (Å²) in [5.41, 5.74) is 0. The van der Waals surface area contributed by atoms with E-state index in [2.05, 4.69) is 17.1 Å². The van der Waals surface area contributed by atoms with Gasteiger partial charge in [0, 0.05) is 30.2 Å². The highest BCUT2D eigenvalue weighted by atomic mass is 32.2. The third kappa shape index (κ3) is 2.10. The van der Waals surface area contributed by atoms with Gasteiger partial charge in [-0.15, -0.1) is 0 Å². The first kappa shape index (κ1) is 9.49. The molecule has 1 saturated carbocycles. The van der Waals surface area contributed by atoms with Gasteiger partial charge in [-0.2, -0.15) is 11.8 Å². The van der Waals surface area contributed by atoms with Gasteiger partial charge in [0.25, 0.3) is 0 Å². The molecule has 14 heavy (non-hydrogen) atoms. The number of ether oxygens (including phenoxy) is 1. The molecule has 2 atom stereocenters. The fourth-order valence-electron chi connectivity index (χ4n) is 2.44. The van der Waals surface area contributed by atoms with Crippen LogP contribution in [-0.2, 0) is 4.74 Å². The molecular formula is C11H19NOS. The van der Waals surface area contributed by atoms with Crippen LogP contribution in [0.3, 0.4) is 0 Å². The first-order chi connectivity index (χ1) is 6.92. The van der Waals surface area contributed by atoms with E-state index in [9.17, 15) is 0 Å². The van der Waals surface area contributed by atoms with E-state index in [4.69, 9.17) is 4.74 Å². The molecule has 0 radical (unpaired) electrons. The van der Waals surface area contributed by atoms with E-state index in [1.807, 2.05) is 0 Å². The Morgan fingerprint density at radius 2 is 1.93 bits per heavy atom. The van der Waals surface area contributed by atoms with Crippen molar-refractivity contribution >= 4 is 11.8 Å². The Morgan fingerprint density at radius 3 is 2.57 bits per heavy atom. The van der Waals surface area contributed by atoms with E-state index in [1.54, 1.807) is 0 Å². The topological polar surface area (TPSA) is 21.3 Å². The van der Waals surface area contributed by atoms with Crippen LogP contribution in [0.25, 0.3) is 0 Å². The van der Waals surface area contributed by atoms with Gasteiger partial charge in [0.15, 0.2) is 0 Å². The standard InChI is InChI=1S/C11H19NOS/c1-2-8(1)11-5-9(3-4-13-11)12-10-6-14-7-10/h8-12H,1-7H2. The molecule has 0 spiro atoms. The maximum Gasteiger partial charge on any atom is 0.0618 e. The molecule has 2 aliphatic heterocycles. The lowest BCUT2D eigenvalue weighted by Crippen LogP contribution is -2.49. The van der Waals surface area contributed by atoms with Gasteiger partial charge in [-0.05, 0) is 31.6 Å². The average Bonchev–Trinajstić information content (AvgIpc) is 2.95. The zero-order chi connectivity index (χ0) is 9.38. The lowest BCUT2D eigenvalue weighted by atomic mass is 9.99. The highest BCUT2D eigenvalue weighted by Crippen LogP contribution is 2.38. The van der Waals surface area contributed by atoms with Crippen LogP contribution in [0, 0.1) is 5.92 Å². The number of hydrogen-bond donors (Lipinski definition) is 1. The third-order valence-corrected chi connectivity index (χ3v) is 4.85. The molecule has 0 bridgehead atoms. The molecule has 2 unspecified atom stereocenters. The van der Waals surface area contributed by atoms with Gasteiger partial charge in [0.2, 0.25) is 0 Å². The number of hydrogen-bond acceptors (Lipinski definition) is 3. The fourth-order valence-corrected chi connectivity index (χ4v) is 3.11. The largest absolute Gasteiger partial charge is 0.378 e. The lowest BCUT2D eigenvalue weighted by Gasteiger charge is -2.36. The van der Waals surface area contributed by atoms with Crippen molar-refractivity contribution in [1.29, 1.82) is 0 Å². The molecule has 0 aromatic rings. The Morgan fingerprint density at radius 1 is 1.07 bits per heavy atom. The smallest absolute Gasteiger partial charge is 0.0618 e.